The Bertz CT molecular complexity index is 1390. The number of benzene rings is 2. The van der Waals surface area contributed by atoms with E-state index in [1.807, 2.05) is 6.07 Å². The molecule has 12 nitrogen and oxygen atoms in total. The Hall–Kier alpha value is -5.18. The Morgan fingerprint density at radius 2 is 1.72 bits per heavy atom. The van der Waals surface area contributed by atoms with E-state index in [0.717, 1.165) is 25.2 Å². The van der Waals surface area contributed by atoms with Crippen LogP contribution in [0.2, 0.25) is 0 Å². The van der Waals surface area contributed by atoms with E-state index in [-0.39, 0.29) is 33.8 Å². The maximum atomic E-state index is 13.1. The van der Waals surface area contributed by atoms with Gasteiger partial charge in [0.25, 0.3) is 5.69 Å². The van der Waals surface area contributed by atoms with Crippen molar-refractivity contribution < 1.29 is 28.8 Å². The minimum Gasteiger partial charge on any atom is -0.466 e. The molecule has 36 heavy (non-hydrogen) atoms. The number of carbonyl (C=O) groups is 3. The monoisotopic (exact) mass is 491 g/mol. The molecule has 0 aliphatic carbocycles. The average Bonchev–Trinajstić information content (AvgIpc) is 2.87. The topological polar surface area (TPSA) is 192 Å². The van der Waals surface area contributed by atoms with Gasteiger partial charge in [-0.25, -0.2) is 9.59 Å². The number of esters is 2. The van der Waals surface area contributed by atoms with Crippen molar-refractivity contribution in [3.05, 3.63) is 91.9 Å². The maximum absolute atomic E-state index is 13.1. The number of rotatable bonds is 6. The van der Waals surface area contributed by atoms with Gasteiger partial charge in [0.2, 0.25) is 5.91 Å². The lowest BCUT2D eigenvalue weighted by molar-refractivity contribution is -0.385. The van der Waals surface area contributed by atoms with Gasteiger partial charge in [-0.05, 0) is 18.6 Å². The lowest BCUT2D eigenvalue weighted by atomic mass is 9.80. The number of hydrogen-bond acceptors (Lipinski definition) is 10. The van der Waals surface area contributed by atoms with Crippen molar-refractivity contribution in [1.29, 1.82) is 5.26 Å². The van der Waals surface area contributed by atoms with Gasteiger partial charge >= 0.3 is 11.9 Å². The summed E-state index contributed by atoms with van der Waals surface area (Å²) in [6.07, 6.45) is 0. The van der Waals surface area contributed by atoms with Crippen LogP contribution in [-0.2, 0) is 19.1 Å². The first-order chi connectivity index (χ1) is 17.1. The van der Waals surface area contributed by atoms with Crippen LogP contribution in [0.15, 0.2) is 65.1 Å². The van der Waals surface area contributed by atoms with Crippen LogP contribution in [0.3, 0.4) is 0 Å². The fraction of sp³-hybridized carbons (Fsp3) is 0.167. The molecular formula is C24H21N5O7. The number of methoxy groups -OCH3 is 2. The van der Waals surface area contributed by atoms with Crippen LogP contribution in [-0.4, -0.2) is 37.0 Å². The molecule has 2 aromatic carbocycles. The molecule has 1 unspecified atom stereocenters. The Labute approximate surface area is 205 Å². The molecule has 0 aromatic heterocycles. The normalized spacial score (nSPS) is 15.3. The van der Waals surface area contributed by atoms with Gasteiger partial charge in [-0.15, -0.1) is 0 Å². The summed E-state index contributed by atoms with van der Waals surface area (Å²) in [5, 5.41) is 21.8. The quantitative estimate of drug-likeness (QED) is 0.342. The van der Waals surface area contributed by atoms with Gasteiger partial charge in [0.15, 0.2) is 0 Å². The summed E-state index contributed by atoms with van der Waals surface area (Å²) in [4.78, 5) is 50.1. The van der Waals surface area contributed by atoms with E-state index < -0.39 is 40.1 Å². The maximum Gasteiger partial charge on any atom is 0.355 e. The van der Waals surface area contributed by atoms with E-state index in [1.165, 1.54) is 13.0 Å². The van der Waals surface area contributed by atoms with Crippen molar-refractivity contribution in [3.8, 4) is 6.07 Å². The Balaban J connectivity index is 2.53. The van der Waals surface area contributed by atoms with Crippen LogP contribution in [0.1, 0.15) is 27.4 Å². The van der Waals surface area contributed by atoms with Crippen molar-refractivity contribution in [2.24, 2.45) is 11.5 Å². The van der Waals surface area contributed by atoms with Crippen LogP contribution < -0.4 is 16.4 Å². The predicted octanol–water partition coefficient (Wildman–Crippen LogP) is 1.90. The lowest BCUT2D eigenvalue weighted by Gasteiger charge is -2.36. The summed E-state index contributed by atoms with van der Waals surface area (Å²) in [5.41, 5.74) is 10.5. The Kier molecular flexibility index (Phi) is 7.05. The largest absolute Gasteiger partial charge is 0.466 e. The highest BCUT2D eigenvalue weighted by Crippen LogP contribution is 2.45. The SMILES string of the molecule is COC(=O)C1=C(C(=O)OC)N(c2cc(C(N)=O)cc([N+](=O)[O-])c2C)C(N)=C(C#N)C1c1ccccc1. The molecule has 12 heteroatoms. The summed E-state index contributed by atoms with van der Waals surface area (Å²) in [5.74, 6) is -4.42. The molecule has 1 aliphatic heterocycles. The summed E-state index contributed by atoms with van der Waals surface area (Å²) < 4.78 is 9.88. The first-order valence-electron chi connectivity index (χ1n) is 10.3. The highest BCUT2D eigenvalue weighted by molar-refractivity contribution is 6.07. The summed E-state index contributed by atoms with van der Waals surface area (Å²) in [7, 11) is 2.16. The summed E-state index contributed by atoms with van der Waals surface area (Å²) in [6, 6.07) is 12.5. The minimum atomic E-state index is -1.12. The third kappa shape index (κ3) is 4.21. The molecule has 1 heterocycles. The van der Waals surface area contributed by atoms with E-state index in [4.69, 9.17) is 20.9 Å². The van der Waals surface area contributed by atoms with Crippen LogP contribution in [0.25, 0.3) is 0 Å². The van der Waals surface area contributed by atoms with Crippen molar-refractivity contribution in [2.45, 2.75) is 12.8 Å². The Morgan fingerprint density at radius 1 is 1.11 bits per heavy atom. The molecule has 0 fully saturated rings. The van der Waals surface area contributed by atoms with Crippen molar-refractivity contribution in [3.63, 3.8) is 0 Å². The minimum absolute atomic E-state index is 0.0194. The number of nitrogens with two attached hydrogens (primary N) is 2. The van der Waals surface area contributed by atoms with Crippen molar-refractivity contribution >= 4 is 29.2 Å². The van der Waals surface area contributed by atoms with E-state index in [0.29, 0.717) is 5.56 Å². The number of carbonyl (C=O) groups excluding carboxylic acids is 3. The molecular weight excluding hydrogens is 470 g/mol. The van der Waals surface area contributed by atoms with E-state index in [1.54, 1.807) is 30.3 Å². The number of ether oxygens (including phenoxy) is 2. The molecule has 0 spiro atoms. The lowest BCUT2D eigenvalue weighted by Crippen LogP contribution is -2.41. The zero-order chi connectivity index (χ0) is 26.7. The van der Waals surface area contributed by atoms with E-state index in [2.05, 4.69) is 0 Å². The average molecular weight is 491 g/mol. The second-order valence-corrected chi connectivity index (χ2v) is 7.60. The second-order valence-electron chi connectivity index (χ2n) is 7.60. The molecule has 1 amide bonds. The molecule has 0 bridgehead atoms. The van der Waals surface area contributed by atoms with Gasteiger partial charge in [0.1, 0.15) is 11.5 Å². The molecule has 0 saturated heterocycles. The molecule has 0 saturated carbocycles. The smallest absolute Gasteiger partial charge is 0.355 e. The Morgan fingerprint density at radius 3 is 2.22 bits per heavy atom. The number of amides is 1. The van der Waals surface area contributed by atoms with Gasteiger partial charge in [0.05, 0.1) is 53.5 Å². The number of primary amides is 1. The molecule has 2 aromatic rings. The number of nitrogens with zero attached hydrogens (tertiary/aromatic N) is 3. The van der Waals surface area contributed by atoms with Gasteiger partial charge in [-0.2, -0.15) is 5.26 Å². The highest BCUT2D eigenvalue weighted by Gasteiger charge is 2.44. The van der Waals surface area contributed by atoms with Gasteiger partial charge < -0.3 is 20.9 Å². The van der Waals surface area contributed by atoms with Gasteiger partial charge in [-0.1, -0.05) is 30.3 Å². The van der Waals surface area contributed by atoms with Gasteiger partial charge in [0, 0.05) is 11.6 Å². The fourth-order valence-electron chi connectivity index (χ4n) is 4.01. The number of anilines is 1. The van der Waals surface area contributed by atoms with Crippen molar-refractivity contribution in [1.82, 2.24) is 0 Å². The van der Waals surface area contributed by atoms with Crippen LogP contribution in [0, 0.1) is 28.4 Å². The zero-order valence-corrected chi connectivity index (χ0v) is 19.5. The molecule has 0 radical (unpaired) electrons. The fourth-order valence-corrected chi connectivity index (χ4v) is 4.01. The van der Waals surface area contributed by atoms with Crippen LogP contribution >= 0.6 is 0 Å². The second kappa shape index (κ2) is 9.98. The van der Waals surface area contributed by atoms with Crippen LogP contribution in [0.4, 0.5) is 11.4 Å². The molecule has 3 rings (SSSR count). The highest BCUT2D eigenvalue weighted by atomic mass is 16.6. The number of allylic oxidation sites excluding steroid dienone is 1. The van der Waals surface area contributed by atoms with Crippen LogP contribution in [0.5, 0.6) is 0 Å². The number of nitro benzene ring substituents is 1. The predicted molar refractivity (Wildman–Crippen MR) is 126 cm³/mol. The third-order valence-electron chi connectivity index (χ3n) is 5.69. The first kappa shape index (κ1) is 25.4. The van der Waals surface area contributed by atoms with E-state index >= 15 is 0 Å². The molecule has 184 valence electrons. The standard InChI is InChI=1S/C24H21N5O7/c1-12-16(9-14(22(27)30)10-17(12)29(33)34)28-20(24(32)36-3)19(23(31)35-2)18(15(11-25)21(28)26)13-7-5-4-6-8-13/h4-10,18H,26H2,1-3H3,(H2,27,30). The zero-order valence-electron chi connectivity index (χ0n) is 19.5. The summed E-state index contributed by atoms with van der Waals surface area (Å²) in [6.45, 7) is 1.35. The summed E-state index contributed by atoms with van der Waals surface area (Å²) >= 11 is 0. The molecule has 1 aliphatic rings. The number of nitriles is 1. The molecule has 4 N–H and O–H groups in total. The molecule has 1 atom stereocenters. The number of nitro groups is 1. The number of hydrogen-bond donors (Lipinski definition) is 2. The van der Waals surface area contributed by atoms with E-state index in [9.17, 15) is 29.8 Å². The first-order valence-corrected chi connectivity index (χ1v) is 10.3. The third-order valence-corrected chi connectivity index (χ3v) is 5.69. The van der Waals surface area contributed by atoms with Gasteiger partial charge in [-0.3, -0.25) is 19.8 Å². The van der Waals surface area contributed by atoms with Crippen molar-refractivity contribution in [2.75, 3.05) is 19.1 Å².